The lowest BCUT2D eigenvalue weighted by Gasteiger charge is -2.32. The smallest absolute Gasteiger partial charge is 0.403 e. The lowest BCUT2D eigenvalue weighted by molar-refractivity contribution is 0.00578. The maximum atomic E-state index is 12.5. The van der Waals surface area contributed by atoms with E-state index >= 15 is 0 Å². The van der Waals surface area contributed by atoms with Crippen molar-refractivity contribution in [2.24, 2.45) is 0 Å². The summed E-state index contributed by atoms with van der Waals surface area (Å²) in [6.45, 7) is 5.47. The molecular formula is C13H19BF2N2O2. The molecule has 2 atom stereocenters. The Morgan fingerprint density at radius 3 is 2.40 bits per heavy atom. The summed E-state index contributed by atoms with van der Waals surface area (Å²) in [6.07, 6.45) is 3.83. The SMILES string of the molecule is CC1(C)OB([C@H]2C[C@@H]2c2cnn(C(F)F)c2)OC1(C)C. The van der Waals surface area contributed by atoms with E-state index in [0.717, 1.165) is 12.0 Å². The molecule has 20 heavy (non-hydrogen) atoms. The topological polar surface area (TPSA) is 36.3 Å². The van der Waals surface area contributed by atoms with Gasteiger partial charge in [0.25, 0.3) is 0 Å². The molecule has 1 aromatic heterocycles. The molecule has 1 aromatic rings. The minimum absolute atomic E-state index is 0.206. The molecule has 0 bridgehead atoms. The summed E-state index contributed by atoms with van der Waals surface area (Å²) in [4.78, 5) is 0. The molecule has 2 fully saturated rings. The third-order valence-electron chi connectivity index (χ3n) is 4.71. The van der Waals surface area contributed by atoms with E-state index in [1.54, 1.807) is 0 Å². The van der Waals surface area contributed by atoms with Gasteiger partial charge in [-0.05, 0) is 45.6 Å². The lowest BCUT2D eigenvalue weighted by Crippen LogP contribution is -2.41. The molecule has 110 valence electrons. The number of hydrogen-bond donors (Lipinski definition) is 0. The Hall–Kier alpha value is -0.945. The Morgan fingerprint density at radius 2 is 1.90 bits per heavy atom. The van der Waals surface area contributed by atoms with Crippen LogP contribution in [0.3, 0.4) is 0 Å². The summed E-state index contributed by atoms with van der Waals surface area (Å²) in [5.41, 5.74) is 0.139. The average Bonchev–Trinajstić information content (AvgIpc) is 2.89. The summed E-state index contributed by atoms with van der Waals surface area (Å²) in [6, 6.07) is 0. The molecule has 1 aliphatic carbocycles. The van der Waals surface area contributed by atoms with Crippen LogP contribution in [0.15, 0.2) is 12.4 Å². The second-order valence-electron chi connectivity index (χ2n) is 6.66. The monoisotopic (exact) mass is 284 g/mol. The Bertz CT molecular complexity index is 502. The molecule has 0 N–H and O–H groups in total. The van der Waals surface area contributed by atoms with Crippen molar-refractivity contribution in [1.82, 2.24) is 9.78 Å². The summed E-state index contributed by atoms with van der Waals surface area (Å²) >= 11 is 0. The summed E-state index contributed by atoms with van der Waals surface area (Å²) < 4.78 is 37.7. The van der Waals surface area contributed by atoms with Crippen LogP contribution < -0.4 is 0 Å². The van der Waals surface area contributed by atoms with Gasteiger partial charge in [0.1, 0.15) is 0 Å². The zero-order valence-electron chi connectivity index (χ0n) is 12.1. The standard InChI is InChI=1S/C13H19BF2N2O2/c1-12(2)13(3,4)20-14(19-12)10-5-9(10)8-6-17-18(7-8)11(15)16/h6-7,9-11H,5H2,1-4H3/t9-,10+/m1/s1. The molecule has 2 heterocycles. The predicted octanol–water partition coefficient (Wildman–Crippen LogP) is 3.23. The van der Waals surface area contributed by atoms with Crippen molar-refractivity contribution in [2.45, 2.75) is 63.6 Å². The van der Waals surface area contributed by atoms with Crippen LogP contribution in [0.1, 0.15) is 52.1 Å². The second kappa shape index (κ2) is 4.27. The number of halogens is 2. The maximum Gasteiger partial charge on any atom is 0.461 e. The van der Waals surface area contributed by atoms with Gasteiger partial charge in [-0.15, -0.1) is 0 Å². The molecule has 1 aliphatic heterocycles. The van der Waals surface area contributed by atoms with E-state index in [1.165, 1.54) is 12.4 Å². The van der Waals surface area contributed by atoms with E-state index in [-0.39, 0.29) is 30.1 Å². The third kappa shape index (κ3) is 2.17. The Kier molecular flexibility index (Phi) is 2.99. The average molecular weight is 284 g/mol. The van der Waals surface area contributed by atoms with E-state index in [4.69, 9.17) is 9.31 Å². The van der Waals surface area contributed by atoms with Crippen LogP contribution in [0.25, 0.3) is 0 Å². The molecular weight excluding hydrogens is 265 g/mol. The zero-order valence-corrected chi connectivity index (χ0v) is 12.1. The van der Waals surface area contributed by atoms with Crippen LogP contribution in [-0.4, -0.2) is 28.1 Å². The van der Waals surface area contributed by atoms with Crippen LogP contribution in [0.2, 0.25) is 5.82 Å². The largest absolute Gasteiger partial charge is 0.461 e. The number of hydrogen-bond acceptors (Lipinski definition) is 3. The Morgan fingerprint density at radius 1 is 1.30 bits per heavy atom. The molecule has 0 unspecified atom stereocenters. The number of nitrogens with zero attached hydrogens (tertiary/aromatic N) is 2. The fourth-order valence-electron chi connectivity index (χ4n) is 2.61. The highest BCUT2D eigenvalue weighted by molar-refractivity contribution is 6.49. The molecule has 2 aliphatic rings. The molecule has 4 nitrogen and oxygen atoms in total. The van der Waals surface area contributed by atoms with Gasteiger partial charge in [0, 0.05) is 12.0 Å². The van der Waals surface area contributed by atoms with Crippen molar-refractivity contribution in [3.05, 3.63) is 18.0 Å². The van der Waals surface area contributed by atoms with Gasteiger partial charge in [0.05, 0.1) is 17.4 Å². The van der Waals surface area contributed by atoms with Gasteiger partial charge >= 0.3 is 13.7 Å². The van der Waals surface area contributed by atoms with E-state index < -0.39 is 6.55 Å². The molecule has 0 aromatic carbocycles. The molecule has 0 amide bonds. The molecule has 0 radical (unpaired) electrons. The molecule has 0 spiro atoms. The summed E-state index contributed by atoms with van der Waals surface area (Å²) in [7, 11) is -0.264. The van der Waals surface area contributed by atoms with Gasteiger partial charge in [-0.1, -0.05) is 0 Å². The van der Waals surface area contributed by atoms with Crippen LogP contribution in [0, 0.1) is 0 Å². The molecule has 1 saturated heterocycles. The first-order valence-corrected chi connectivity index (χ1v) is 6.89. The highest BCUT2D eigenvalue weighted by Crippen LogP contribution is 2.58. The number of aromatic nitrogens is 2. The van der Waals surface area contributed by atoms with Crippen LogP contribution in [0.4, 0.5) is 8.78 Å². The van der Waals surface area contributed by atoms with Crippen molar-refractivity contribution in [1.29, 1.82) is 0 Å². The van der Waals surface area contributed by atoms with Gasteiger partial charge in [0.15, 0.2) is 0 Å². The van der Waals surface area contributed by atoms with Crippen molar-refractivity contribution < 1.29 is 18.1 Å². The van der Waals surface area contributed by atoms with Gasteiger partial charge in [-0.3, -0.25) is 0 Å². The highest BCUT2D eigenvalue weighted by Gasteiger charge is 2.60. The Balaban J connectivity index is 1.68. The third-order valence-corrected chi connectivity index (χ3v) is 4.71. The van der Waals surface area contributed by atoms with E-state index in [1.807, 2.05) is 27.7 Å². The van der Waals surface area contributed by atoms with E-state index in [0.29, 0.717) is 4.68 Å². The summed E-state index contributed by atoms with van der Waals surface area (Å²) in [5, 5.41) is 3.68. The van der Waals surface area contributed by atoms with E-state index in [9.17, 15) is 8.78 Å². The van der Waals surface area contributed by atoms with Crippen molar-refractivity contribution >= 4 is 7.12 Å². The fourth-order valence-corrected chi connectivity index (χ4v) is 2.61. The Labute approximate surface area is 117 Å². The molecule has 1 saturated carbocycles. The van der Waals surface area contributed by atoms with Gasteiger partial charge in [-0.25, -0.2) is 4.68 Å². The minimum atomic E-state index is -2.59. The second-order valence-corrected chi connectivity index (χ2v) is 6.66. The highest BCUT2D eigenvalue weighted by atomic mass is 19.3. The zero-order chi connectivity index (χ0) is 14.7. The molecule has 7 heteroatoms. The van der Waals surface area contributed by atoms with Crippen molar-refractivity contribution in [3.63, 3.8) is 0 Å². The van der Waals surface area contributed by atoms with Gasteiger partial charge in [0.2, 0.25) is 0 Å². The quantitative estimate of drug-likeness (QED) is 0.799. The first-order valence-electron chi connectivity index (χ1n) is 6.89. The van der Waals surface area contributed by atoms with Crippen LogP contribution in [0.5, 0.6) is 0 Å². The maximum absolute atomic E-state index is 12.5. The molecule has 3 rings (SSSR count). The normalized spacial score (nSPS) is 31.1. The van der Waals surface area contributed by atoms with Crippen LogP contribution >= 0.6 is 0 Å². The first-order chi connectivity index (χ1) is 9.21. The number of alkyl halides is 2. The summed E-state index contributed by atoms with van der Waals surface area (Å²) in [5.74, 6) is 0.434. The van der Waals surface area contributed by atoms with Gasteiger partial charge < -0.3 is 9.31 Å². The van der Waals surface area contributed by atoms with Crippen molar-refractivity contribution in [3.8, 4) is 0 Å². The van der Waals surface area contributed by atoms with E-state index in [2.05, 4.69) is 5.10 Å². The minimum Gasteiger partial charge on any atom is -0.403 e. The predicted molar refractivity (Wildman–Crippen MR) is 70.7 cm³/mol. The van der Waals surface area contributed by atoms with Crippen LogP contribution in [-0.2, 0) is 9.31 Å². The lowest BCUT2D eigenvalue weighted by atomic mass is 9.80. The van der Waals surface area contributed by atoms with Gasteiger partial charge in [-0.2, -0.15) is 13.9 Å². The number of rotatable bonds is 3. The fraction of sp³-hybridized carbons (Fsp3) is 0.769. The van der Waals surface area contributed by atoms with Crippen molar-refractivity contribution in [2.75, 3.05) is 0 Å². The first kappa shape index (κ1) is 14.0.